The van der Waals surface area contributed by atoms with Crippen molar-refractivity contribution in [3.05, 3.63) is 52.7 Å². The highest BCUT2D eigenvalue weighted by Gasteiger charge is 2.16. The third-order valence-electron chi connectivity index (χ3n) is 4.61. The van der Waals surface area contributed by atoms with Gasteiger partial charge in [0.15, 0.2) is 6.61 Å². The largest absolute Gasteiger partial charge is 0.452 e. The summed E-state index contributed by atoms with van der Waals surface area (Å²) in [6.45, 7) is -0.127. The maximum absolute atomic E-state index is 12.4. The maximum atomic E-state index is 12.4. The Morgan fingerprint density at radius 2 is 2.00 bits per heavy atom. The molecule has 0 fully saturated rings. The zero-order valence-electron chi connectivity index (χ0n) is 15.9. The number of para-hydroxylation sites is 1. The van der Waals surface area contributed by atoms with Crippen LogP contribution in [0.5, 0.6) is 0 Å². The van der Waals surface area contributed by atoms with Crippen LogP contribution in [0, 0.1) is 0 Å². The fourth-order valence-corrected chi connectivity index (χ4v) is 3.40. The molecule has 0 radical (unpaired) electrons. The molecule has 0 aliphatic heterocycles. The van der Waals surface area contributed by atoms with E-state index >= 15 is 0 Å². The number of halogens is 1. The van der Waals surface area contributed by atoms with Crippen LogP contribution in [0.25, 0.3) is 10.9 Å². The summed E-state index contributed by atoms with van der Waals surface area (Å²) < 4.78 is 5.03. The Kier molecular flexibility index (Phi) is 7.19. The number of pyridine rings is 1. The number of allylic oxidation sites excluding steroid dienone is 1. The lowest BCUT2D eigenvalue weighted by Gasteiger charge is -2.13. The van der Waals surface area contributed by atoms with Gasteiger partial charge in [0.2, 0.25) is 0 Å². The summed E-state index contributed by atoms with van der Waals surface area (Å²) in [5.74, 6) is -1.43. The number of hydrogen-bond acceptors (Lipinski definition) is 5. The van der Waals surface area contributed by atoms with E-state index in [1.165, 1.54) is 24.5 Å². The molecule has 7 nitrogen and oxygen atoms in total. The van der Waals surface area contributed by atoms with Gasteiger partial charge in [0.1, 0.15) is 5.15 Å². The molecule has 0 unspecified atom stereocenters. The first-order valence-electron chi connectivity index (χ1n) is 9.51. The highest BCUT2D eigenvalue weighted by molar-refractivity contribution is 6.30. The molecule has 3 rings (SSSR count). The summed E-state index contributed by atoms with van der Waals surface area (Å²) in [7, 11) is 0. The van der Waals surface area contributed by atoms with Crippen molar-refractivity contribution in [2.45, 2.75) is 32.1 Å². The third kappa shape index (κ3) is 6.02. The van der Waals surface area contributed by atoms with Crippen LogP contribution in [0.15, 0.2) is 42.0 Å². The molecular weight excluding hydrogens is 394 g/mol. The molecule has 0 bridgehead atoms. The number of amides is 3. The van der Waals surface area contributed by atoms with Crippen molar-refractivity contribution in [3.8, 4) is 0 Å². The van der Waals surface area contributed by atoms with Crippen LogP contribution in [0.3, 0.4) is 0 Å². The van der Waals surface area contributed by atoms with Crippen LogP contribution < -0.4 is 10.6 Å². The Labute approximate surface area is 173 Å². The summed E-state index contributed by atoms with van der Waals surface area (Å²) >= 11 is 5.95. The van der Waals surface area contributed by atoms with E-state index in [1.54, 1.807) is 24.3 Å². The number of rotatable bonds is 6. The molecule has 0 saturated carbocycles. The van der Waals surface area contributed by atoms with Crippen LogP contribution in [-0.2, 0) is 9.53 Å². The molecule has 1 heterocycles. The van der Waals surface area contributed by atoms with E-state index in [0.29, 0.717) is 17.4 Å². The van der Waals surface area contributed by atoms with E-state index in [9.17, 15) is 14.4 Å². The van der Waals surface area contributed by atoms with Crippen molar-refractivity contribution in [2.24, 2.45) is 0 Å². The van der Waals surface area contributed by atoms with Gasteiger partial charge in [-0.2, -0.15) is 0 Å². The predicted molar refractivity (Wildman–Crippen MR) is 110 cm³/mol. The highest BCUT2D eigenvalue weighted by atomic mass is 35.5. The van der Waals surface area contributed by atoms with E-state index in [1.807, 2.05) is 0 Å². The molecule has 0 spiro atoms. The number of hydrogen-bond donors (Lipinski definition) is 2. The molecule has 1 aliphatic rings. The lowest BCUT2D eigenvalue weighted by molar-refractivity contribution is -0.123. The number of imide groups is 1. The van der Waals surface area contributed by atoms with Crippen LogP contribution in [0.4, 0.5) is 4.79 Å². The number of nitrogens with one attached hydrogen (secondary N) is 2. The lowest BCUT2D eigenvalue weighted by Crippen LogP contribution is -2.41. The van der Waals surface area contributed by atoms with E-state index in [2.05, 4.69) is 21.7 Å². The van der Waals surface area contributed by atoms with E-state index in [-0.39, 0.29) is 10.7 Å². The fraction of sp³-hybridized carbons (Fsp3) is 0.333. The first-order chi connectivity index (χ1) is 14.0. The van der Waals surface area contributed by atoms with E-state index < -0.39 is 24.5 Å². The zero-order valence-corrected chi connectivity index (χ0v) is 16.6. The maximum Gasteiger partial charge on any atom is 0.339 e. The third-order valence-corrected chi connectivity index (χ3v) is 4.80. The highest BCUT2D eigenvalue weighted by Crippen LogP contribution is 2.21. The van der Waals surface area contributed by atoms with Gasteiger partial charge in [-0.3, -0.25) is 10.1 Å². The normalized spacial score (nSPS) is 13.5. The lowest BCUT2D eigenvalue weighted by atomic mass is 9.97. The van der Waals surface area contributed by atoms with Crippen molar-refractivity contribution in [1.82, 2.24) is 15.6 Å². The quantitative estimate of drug-likeness (QED) is 0.425. The van der Waals surface area contributed by atoms with E-state index in [4.69, 9.17) is 16.3 Å². The second-order valence-corrected chi connectivity index (χ2v) is 7.14. The predicted octanol–water partition coefficient (Wildman–Crippen LogP) is 3.76. The van der Waals surface area contributed by atoms with Gasteiger partial charge in [0.25, 0.3) is 5.91 Å². The Balaban J connectivity index is 1.46. The number of benzene rings is 1. The number of aromatic nitrogens is 1. The van der Waals surface area contributed by atoms with Crippen molar-refractivity contribution in [2.75, 3.05) is 13.2 Å². The number of ether oxygens (including phenoxy) is 1. The van der Waals surface area contributed by atoms with Crippen LogP contribution in [0.2, 0.25) is 5.15 Å². The van der Waals surface area contributed by atoms with Gasteiger partial charge in [0, 0.05) is 11.9 Å². The van der Waals surface area contributed by atoms with Gasteiger partial charge in [0.05, 0.1) is 11.1 Å². The van der Waals surface area contributed by atoms with Crippen molar-refractivity contribution in [1.29, 1.82) is 0 Å². The molecule has 3 amide bonds. The SMILES string of the molecule is O=C(COC(=O)c1cc(Cl)nc2ccccc12)NC(=O)NCCC1=CCCCC1. The number of carbonyl (C=O) groups excluding carboxylic acids is 3. The summed E-state index contributed by atoms with van der Waals surface area (Å²) in [4.78, 5) is 40.2. The minimum Gasteiger partial charge on any atom is -0.452 e. The summed E-state index contributed by atoms with van der Waals surface area (Å²) in [6.07, 6.45) is 7.52. The minimum absolute atomic E-state index is 0.146. The zero-order chi connectivity index (χ0) is 20.6. The second-order valence-electron chi connectivity index (χ2n) is 6.75. The van der Waals surface area contributed by atoms with Gasteiger partial charge in [-0.05, 0) is 44.2 Å². The molecule has 29 heavy (non-hydrogen) atoms. The first kappa shape index (κ1) is 20.8. The van der Waals surface area contributed by atoms with Crippen LogP contribution >= 0.6 is 11.6 Å². The first-order valence-corrected chi connectivity index (χ1v) is 9.89. The van der Waals surface area contributed by atoms with Gasteiger partial charge in [-0.15, -0.1) is 0 Å². The Hall–Kier alpha value is -2.93. The van der Waals surface area contributed by atoms with Crippen LogP contribution in [0.1, 0.15) is 42.5 Å². The van der Waals surface area contributed by atoms with E-state index in [0.717, 1.165) is 19.3 Å². The van der Waals surface area contributed by atoms with Gasteiger partial charge in [-0.1, -0.05) is 41.4 Å². The molecule has 2 N–H and O–H groups in total. The van der Waals surface area contributed by atoms with Gasteiger partial charge >= 0.3 is 12.0 Å². The molecule has 0 saturated heterocycles. The molecular formula is C21H22ClN3O4. The molecule has 8 heteroatoms. The molecule has 1 aliphatic carbocycles. The minimum atomic E-state index is -0.717. The summed E-state index contributed by atoms with van der Waals surface area (Å²) in [5.41, 5.74) is 2.09. The molecule has 2 aromatic rings. The van der Waals surface area contributed by atoms with Gasteiger partial charge in [-0.25, -0.2) is 14.6 Å². The van der Waals surface area contributed by atoms with Crippen molar-refractivity contribution < 1.29 is 19.1 Å². The number of urea groups is 1. The average molecular weight is 416 g/mol. The molecule has 1 aromatic heterocycles. The fourth-order valence-electron chi connectivity index (χ4n) is 3.20. The number of esters is 1. The van der Waals surface area contributed by atoms with Gasteiger partial charge < -0.3 is 10.1 Å². The molecule has 152 valence electrons. The number of carbonyl (C=O) groups is 3. The topological polar surface area (TPSA) is 97.4 Å². The standard InChI is InChI=1S/C21H22ClN3O4/c22-18-12-16(15-8-4-5-9-17(15)24-18)20(27)29-13-19(26)25-21(28)23-11-10-14-6-2-1-3-7-14/h4-6,8-9,12H,1-3,7,10-11,13H2,(H2,23,25,26,28). The summed E-state index contributed by atoms with van der Waals surface area (Å²) in [5, 5.41) is 5.50. The number of nitrogens with zero attached hydrogens (tertiary/aromatic N) is 1. The number of fused-ring (bicyclic) bond motifs is 1. The van der Waals surface area contributed by atoms with Crippen molar-refractivity contribution >= 4 is 40.4 Å². The summed E-state index contributed by atoms with van der Waals surface area (Å²) in [6, 6.07) is 7.74. The second kappa shape index (κ2) is 10.0. The smallest absolute Gasteiger partial charge is 0.339 e. The average Bonchev–Trinajstić information content (AvgIpc) is 2.72. The Bertz CT molecular complexity index is 958. The molecule has 0 atom stereocenters. The van der Waals surface area contributed by atoms with Crippen LogP contribution in [-0.4, -0.2) is 36.0 Å². The van der Waals surface area contributed by atoms with Crippen molar-refractivity contribution in [3.63, 3.8) is 0 Å². The Morgan fingerprint density at radius 3 is 2.79 bits per heavy atom. The Morgan fingerprint density at radius 1 is 1.17 bits per heavy atom. The molecule has 1 aromatic carbocycles. The monoisotopic (exact) mass is 415 g/mol.